The fraction of sp³-hybridized carbons (Fsp3) is 0.379. The summed E-state index contributed by atoms with van der Waals surface area (Å²) in [6, 6.07) is 18.3. The van der Waals surface area contributed by atoms with Crippen LogP contribution in [0, 0.1) is 0 Å². The first-order chi connectivity index (χ1) is 18.9. The average molecular weight is 597 g/mol. The molecule has 0 amide bonds. The zero-order chi connectivity index (χ0) is 28.3. The van der Waals surface area contributed by atoms with E-state index >= 15 is 0 Å². The Hall–Kier alpha value is -2.51. The Balaban J connectivity index is 1.31. The van der Waals surface area contributed by atoms with E-state index in [-0.39, 0.29) is 13.1 Å². The van der Waals surface area contributed by atoms with Gasteiger partial charge in [-0.05, 0) is 43.7 Å². The smallest absolute Gasteiger partial charge is 0.211 e. The molecule has 0 bridgehead atoms. The maximum Gasteiger partial charge on any atom is 0.211 e. The Morgan fingerprint density at radius 1 is 0.950 bits per heavy atom. The van der Waals surface area contributed by atoms with Gasteiger partial charge in [0.15, 0.2) is 0 Å². The fourth-order valence-electron chi connectivity index (χ4n) is 5.87. The van der Waals surface area contributed by atoms with E-state index in [1.165, 1.54) is 21.9 Å². The minimum atomic E-state index is -3.29. The van der Waals surface area contributed by atoms with E-state index in [4.69, 9.17) is 10.7 Å². The molecule has 6 rings (SSSR count). The van der Waals surface area contributed by atoms with Gasteiger partial charge in [0.05, 0.1) is 27.3 Å². The molecule has 1 saturated heterocycles. The van der Waals surface area contributed by atoms with Crippen molar-refractivity contribution in [3.8, 4) is 31.6 Å². The van der Waals surface area contributed by atoms with Crippen LogP contribution in [-0.2, 0) is 21.2 Å². The summed E-state index contributed by atoms with van der Waals surface area (Å²) in [5.41, 5.74) is 8.06. The van der Waals surface area contributed by atoms with Gasteiger partial charge in [-0.2, -0.15) is 0 Å². The monoisotopic (exact) mass is 596 g/mol. The molecule has 3 heterocycles. The Kier molecular flexibility index (Phi) is 6.77. The molecule has 0 radical (unpaired) electrons. The molecule has 2 fully saturated rings. The first-order valence-electron chi connectivity index (χ1n) is 13.2. The number of nitrogens with two attached hydrogens (primary N) is 1. The van der Waals surface area contributed by atoms with Crippen LogP contribution >= 0.6 is 22.7 Å². The molecular formula is C29H32N4O4S3. The van der Waals surface area contributed by atoms with Crippen molar-refractivity contribution >= 4 is 32.7 Å². The van der Waals surface area contributed by atoms with Crippen LogP contribution in [0.3, 0.4) is 0 Å². The molecule has 0 unspecified atom stereocenters. The molecule has 1 aliphatic heterocycles. The van der Waals surface area contributed by atoms with Crippen LogP contribution in [0.25, 0.3) is 31.6 Å². The molecule has 40 heavy (non-hydrogen) atoms. The van der Waals surface area contributed by atoms with Gasteiger partial charge in [0.25, 0.3) is 0 Å². The Morgan fingerprint density at radius 2 is 1.60 bits per heavy atom. The number of rotatable bonds is 6. The van der Waals surface area contributed by atoms with Gasteiger partial charge in [-0.25, -0.2) is 22.7 Å². The molecule has 1 aliphatic carbocycles. The van der Waals surface area contributed by atoms with E-state index in [9.17, 15) is 18.6 Å². The van der Waals surface area contributed by atoms with Crippen LogP contribution in [0.2, 0.25) is 0 Å². The van der Waals surface area contributed by atoms with Crippen LogP contribution < -0.4 is 5.73 Å². The normalized spacial score (nSPS) is 25.0. The SMILES string of the molecule is CC1(O)CC(N)(c2ccc(-c3nc(-c4cnc(C5(O)CCN(S(C)(=O)=O)CC5)s4)sc3-c3ccccc3)cc2)C1. The largest absolute Gasteiger partial charge is 0.390 e. The number of thiazole rings is 2. The molecule has 0 atom stereocenters. The standard InChI is InChI=1S/C29H32N4O4S3/c1-27(34)17-28(30,18-27)21-10-8-19(9-11-21)23-24(20-6-4-3-5-7-20)39-25(32-23)22-16-31-26(38-22)29(35)12-14-33(15-13-29)40(2,36)37/h3-11,16,34-35H,12-15,17-18,30H2,1-2H3. The number of hydrogen-bond donors (Lipinski definition) is 3. The van der Waals surface area contributed by atoms with Crippen molar-refractivity contribution in [3.63, 3.8) is 0 Å². The lowest BCUT2D eigenvalue weighted by atomic mass is 9.63. The van der Waals surface area contributed by atoms with Gasteiger partial charge in [0, 0.05) is 30.4 Å². The van der Waals surface area contributed by atoms with Crippen molar-refractivity contribution < 1.29 is 18.6 Å². The molecule has 2 aromatic carbocycles. The first kappa shape index (κ1) is 27.6. The van der Waals surface area contributed by atoms with E-state index in [0.717, 1.165) is 37.1 Å². The van der Waals surface area contributed by atoms with Crippen LogP contribution in [-0.4, -0.2) is 57.9 Å². The molecule has 4 N–H and O–H groups in total. The molecule has 11 heteroatoms. The minimum Gasteiger partial charge on any atom is -0.390 e. The van der Waals surface area contributed by atoms with E-state index in [1.807, 2.05) is 49.4 Å². The molecule has 0 spiro atoms. The third-order valence-corrected chi connectivity index (χ3v) is 11.7. The van der Waals surface area contributed by atoms with Crippen LogP contribution in [0.4, 0.5) is 0 Å². The van der Waals surface area contributed by atoms with Crippen LogP contribution in [0.5, 0.6) is 0 Å². The zero-order valence-electron chi connectivity index (χ0n) is 22.4. The van der Waals surface area contributed by atoms with Crippen molar-refractivity contribution in [2.75, 3.05) is 19.3 Å². The molecule has 210 valence electrons. The van der Waals surface area contributed by atoms with Crippen LogP contribution in [0.1, 0.15) is 43.2 Å². The summed E-state index contributed by atoms with van der Waals surface area (Å²) >= 11 is 2.99. The number of hydrogen-bond acceptors (Lipinski definition) is 9. The topological polar surface area (TPSA) is 130 Å². The lowest BCUT2D eigenvalue weighted by molar-refractivity contribution is -0.0738. The molecule has 1 saturated carbocycles. The lowest BCUT2D eigenvalue weighted by Gasteiger charge is -2.49. The van der Waals surface area contributed by atoms with Gasteiger partial charge >= 0.3 is 0 Å². The van der Waals surface area contributed by atoms with Gasteiger partial charge in [-0.15, -0.1) is 22.7 Å². The summed E-state index contributed by atoms with van der Waals surface area (Å²) in [5, 5.41) is 23.0. The highest BCUT2D eigenvalue weighted by Gasteiger charge is 2.49. The Labute approximate surface area is 242 Å². The quantitative estimate of drug-likeness (QED) is 0.298. The molecular weight excluding hydrogens is 565 g/mol. The second-order valence-corrected chi connectivity index (χ2v) is 15.4. The summed E-state index contributed by atoms with van der Waals surface area (Å²) in [4.78, 5) is 11.5. The van der Waals surface area contributed by atoms with E-state index < -0.39 is 26.8 Å². The summed E-state index contributed by atoms with van der Waals surface area (Å²) in [7, 11) is -3.29. The number of sulfonamides is 1. The number of benzene rings is 2. The average Bonchev–Trinajstić information content (AvgIpc) is 3.56. The van der Waals surface area contributed by atoms with E-state index in [0.29, 0.717) is 30.7 Å². The second-order valence-electron chi connectivity index (χ2n) is 11.4. The predicted molar refractivity (Wildman–Crippen MR) is 159 cm³/mol. The van der Waals surface area contributed by atoms with Crippen molar-refractivity contribution in [3.05, 3.63) is 71.4 Å². The number of nitrogens with zero attached hydrogens (tertiary/aromatic N) is 3. The van der Waals surface area contributed by atoms with Gasteiger partial charge < -0.3 is 15.9 Å². The summed E-state index contributed by atoms with van der Waals surface area (Å²) < 4.78 is 25.2. The highest BCUT2D eigenvalue weighted by atomic mass is 32.2. The summed E-state index contributed by atoms with van der Waals surface area (Å²) in [5.74, 6) is 0. The Bertz CT molecular complexity index is 1630. The van der Waals surface area contributed by atoms with Crippen molar-refractivity contribution in [1.82, 2.24) is 14.3 Å². The minimum absolute atomic E-state index is 0.265. The zero-order valence-corrected chi connectivity index (χ0v) is 24.8. The van der Waals surface area contributed by atoms with Crippen molar-refractivity contribution in [2.24, 2.45) is 5.73 Å². The van der Waals surface area contributed by atoms with E-state index in [2.05, 4.69) is 17.1 Å². The van der Waals surface area contributed by atoms with Gasteiger partial charge in [-0.1, -0.05) is 54.6 Å². The predicted octanol–water partition coefficient (Wildman–Crippen LogP) is 4.54. The van der Waals surface area contributed by atoms with Crippen LogP contribution in [0.15, 0.2) is 60.8 Å². The van der Waals surface area contributed by atoms with E-state index in [1.54, 1.807) is 17.5 Å². The molecule has 2 aliphatic rings. The number of piperidine rings is 1. The number of aliphatic hydroxyl groups is 2. The van der Waals surface area contributed by atoms with Gasteiger partial charge in [0.1, 0.15) is 15.6 Å². The molecule has 8 nitrogen and oxygen atoms in total. The van der Waals surface area contributed by atoms with Gasteiger partial charge in [-0.3, -0.25) is 0 Å². The number of aromatic nitrogens is 2. The third kappa shape index (κ3) is 5.16. The third-order valence-electron chi connectivity index (χ3n) is 7.92. The Morgan fingerprint density at radius 3 is 2.20 bits per heavy atom. The van der Waals surface area contributed by atoms with Crippen molar-refractivity contribution in [2.45, 2.75) is 49.3 Å². The maximum atomic E-state index is 11.9. The molecule has 2 aromatic heterocycles. The summed E-state index contributed by atoms with van der Waals surface area (Å²) in [6.45, 7) is 2.35. The fourth-order valence-corrected chi connectivity index (χ4v) is 8.91. The second kappa shape index (κ2) is 9.80. The molecule has 4 aromatic rings. The summed E-state index contributed by atoms with van der Waals surface area (Å²) in [6.07, 6.45) is 4.61. The van der Waals surface area contributed by atoms with Gasteiger partial charge in [0.2, 0.25) is 10.0 Å². The highest BCUT2D eigenvalue weighted by molar-refractivity contribution is 7.88. The highest BCUT2D eigenvalue weighted by Crippen LogP contribution is 2.47. The first-order valence-corrected chi connectivity index (χ1v) is 16.7. The lowest BCUT2D eigenvalue weighted by Crippen LogP contribution is -2.58. The van der Waals surface area contributed by atoms with Crippen molar-refractivity contribution in [1.29, 1.82) is 0 Å². The maximum absolute atomic E-state index is 11.9.